The molecule has 4 heteroatoms. The third-order valence-corrected chi connectivity index (χ3v) is 4.31. The Bertz CT molecular complexity index is 265. The third kappa shape index (κ3) is 4.25. The van der Waals surface area contributed by atoms with Crippen LogP contribution >= 0.6 is 0 Å². The molecule has 1 aliphatic heterocycles. The summed E-state index contributed by atoms with van der Waals surface area (Å²) in [7, 11) is 0. The lowest BCUT2D eigenvalue weighted by molar-refractivity contribution is -0.125. The van der Waals surface area contributed by atoms with E-state index in [1.165, 1.54) is 0 Å². The van der Waals surface area contributed by atoms with Gasteiger partial charge in [0.2, 0.25) is 5.91 Å². The van der Waals surface area contributed by atoms with Crippen LogP contribution in [0.4, 0.5) is 0 Å². The largest absolute Gasteiger partial charge is 0.388 e. The van der Waals surface area contributed by atoms with Crippen molar-refractivity contribution in [2.24, 2.45) is 5.92 Å². The van der Waals surface area contributed by atoms with E-state index in [0.29, 0.717) is 25.3 Å². The molecule has 4 nitrogen and oxygen atoms in total. The highest BCUT2D eigenvalue weighted by Gasteiger charge is 2.28. The SMILES string of the molecule is CCC1CCNC(C(=O)NCC(O)(CC)CC)C1. The van der Waals surface area contributed by atoms with Crippen LogP contribution in [0.25, 0.3) is 0 Å². The molecule has 0 saturated carbocycles. The Morgan fingerprint density at radius 3 is 2.61 bits per heavy atom. The predicted molar refractivity (Wildman–Crippen MR) is 73.3 cm³/mol. The summed E-state index contributed by atoms with van der Waals surface area (Å²) in [6.45, 7) is 7.34. The van der Waals surface area contributed by atoms with Gasteiger partial charge < -0.3 is 15.7 Å². The van der Waals surface area contributed by atoms with Crippen molar-refractivity contribution in [3.05, 3.63) is 0 Å². The van der Waals surface area contributed by atoms with Gasteiger partial charge in [-0.3, -0.25) is 4.79 Å². The average molecular weight is 256 g/mol. The van der Waals surface area contributed by atoms with E-state index in [0.717, 1.165) is 25.8 Å². The minimum absolute atomic E-state index is 0.0356. The topological polar surface area (TPSA) is 61.4 Å². The Morgan fingerprint density at radius 1 is 1.39 bits per heavy atom. The highest BCUT2D eigenvalue weighted by molar-refractivity contribution is 5.81. The lowest BCUT2D eigenvalue weighted by Gasteiger charge is -2.31. The molecule has 3 N–H and O–H groups in total. The lowest BCUT2D eigenvalue weighted by Crippen LogP contribution is -2.52. The molecule has 1 amide bonds. The number of piperidine rings is 1. The van der Waals surface area contributed by atoms with E-state index in [9.17, 15) is 9.90 Å². The van der Waals surface area contributed by atoms with Gasteiger partial charge in [-0.25, -0.2) is 0 Å². The van der Waals surface area contributed by atoms with Gasteiger partial charge in [0.1, 0.15) is 0 Å². The van der Waals surface area contributed by atoms with Crippen molar-refractivity contribution < 1.29 is 9.90 Å². The van der Waals surface area contributed by atoms with E-state index in [1.54, 1.807) is 0 Å². The Balaban J connectivity index is 2.40. The van der Waals surface area contributed by atoms with Gasteiger partial charge in [0.15, 0.2) is 0 Å². The van der Waals surface area contributed by atoms with Crippen LogP contribution in [0, 0.1) is 5.92 Å². The molecule has 1 fully saturated rings. The van der Waals surface area contributed by atoms with Crippen molar-refractivity contribution in [2.75, 3.05) is 13.1 Å². The molecule has 0 aromatic rings. The summed E-state index contributed by atoms with van der Waals surface area (Å²) in [5.74, 6) is 0.687. The molecule has 1 aliphatic rings. The summed E-state index contributed by atoms with van der Waals surface area (Å²) >= 11 is 0. The predicted octanol–water partition coefficient (Wildman–Crippen LogP) is 1.43. The first-order chi connectivity index (χ1) is 8.54. The normalized spacial score (nSPS) is 24.9. The van der Waals surface area contributed by atoms with E-state index in [4.69, 9.17) is 0 Å². The fourth-order valence-corrected chi connectivity index (χ4v) is 2.44. The highest BCUT2D eigenvalue weighted by atomic mass is 16.3. The van der Waals surface area contributed by atoms with Crippen LogP contribution < -0.4 is 10.6 Å². The Hall–Kier alpha value is -0.610. The maximum atomic E-state index is 12.1. The second-order valence-corrected chi connectivity index (χ2v) is 5.45. The first kappa shape index (κ1) is 15.4. The molecule has 106 valence electrons. The number of hydrogen-bond acceptors (Lipinski definition) is 3. The second kappa shape index (κ2) is 7.10. The summed E-state index contributed by atoms with van der Waals surface area (Å²) in [6, 6.07) is -0.0818. The Morgan fingerprint density at radius 2 is 2.06 bits per heavy atom. The lowest BCUT2D eigenvalue weighted by atomic mass is 9.90. The van der Waals surface area contributed by atoms with Crippen molar-refractivity contribution in [2.45, 2.75) is 64.5 Å². The van der Waals surface area contributed by atoms with Gasteiger partial charge in [-0.15, -0.1) is 0 Å². The molecular formula is C14H28N2O2. The first-order valence-electron chi connectivity index (χ1n) is 7.28. The molecule has 1 saturated heterocycles. The minimum atomic E-state index is -0.755. The zero-order chi connectivity index (χ0) is 13.6. The molecule has 2 unspecified atom stereocenters. The van der Waals surface area contributed by atoms with Crippen LogP contribution in [0.3, 0.4) is 0 Å². The number of nitrogens with one attached hydrogen (secondary N) is 2. The molecule has 0 aromatic heterocycles. The van der Waals surface area contributed by atoms with Crippen molar-refractivity contribution in [3.63, 3.8) is 0 Å². The van der Waals surface area contributed by atoms with Gasteiger partial charge in [0.25, 0.3) is 0 Å². The van der Waals surface area contributed by atoms with Crippen LogP contribution in [-0.4, -0.2) is 35.7 Å². The molecule has 0 bridgehead atoms. The number of carbonyl (C=O) groups excluding carboxylic acids is 1. The first-order valence-corrected chi connectivity index (χ1v) is 7.28. The van der Waals surface area contributed by atoms with Crippen LogP contribution in [0.1, 0.15) is 52.9 Å². The van der Waals surface area contributed by atoms with Crippen molar-refractivity contribution in [3.8, 4) is 0 Å². The smallest absolute Gasteiger partial charge is 0.237 e. The number of carbonyl (C=O) groups is 1. The summed E-state index contributed by atoms with van der Waals surface area (Å²) in [5.41, 5.74) is -0.755. The number of amides is 1. The van der Waals surface area contributed by atoms with Crippen LogP contribution in [0.2, 0.25) is 0 Å². The molecule has 0 aliphatic carbocycles. The molecule has 18 heavy (non-hydrogen) atoms. The van der Waals surface area contributed by atoms with Gasteiger partial charge in [-0.1, -0.05) is 27.2 Å². The zero-order valence-electron chi connectivity index (χ0n) is 12.0. The van der Waals surface area contributed by atoms with Crippen LogP contribution in [0.5, 0.6) is 0 Å². The summed E-state index contributed by atoms with van der Waals surface area (Å²) in [6.07, 6.45) is 4.55. The quantitative estimate of drug-likeness (QED) is 0.674. The van der Waals surface area contributed by atoms with E-state index in [1.807, 2.05) is 13.8 Å². The maximum Gasteiger partial charge on any atom is 0.237 e. The van der Waals surface area contributed by atoms with Gasteiger partial charge in [-0.05, 0) is 38.1 Å². The number of rotatable bonds is 6. The van der Waals surface area contributed by atoms with E-state index in [-0.39, 0.29) is 11.9 Å². The monoisotopic (exact) mass is 256 g/mol. The van der Waals surface area contributed by atoms with Gasteiger partial charge in [0.05, 0.1) is 11.6 Å². The molecule has 1 heterocycles. The Kier molecular flexibility index (Phi) is 6.09. The van der Waals surface area contributed by atoms with Crippen LogP contribution in [-0.2, 0) is 4.79 Å². The van der Waals surface area contributed by atoms with Crippen LogP contribution in [0.15, 0.2) is 0 Å². The van der Waals surface area contributed by atoms with Gasteiger partial charge in [-0.2, -0.15) is 0 Å². The van der Waals surface area contributed by atoms with Crippen molar-refractivity contribution in [1.29, 1.82) is 0 Å². The van der Waals surface area contributed by atoms with Crippen molar-refractivity contribution in [1.82, 2.24) is 10.6 Å². The van der Waals surface area contributed by atoms with Gasteiger partial charge in [0, 0.05) is 6.54 Å². The molecule has 0 radical (unpaired) electrons. The average Bonchev–Trinajstić information content (AvgIpc) is 2.44. The molecule has 0 spiro atoms. The van der Waals surface area contributed by atoms with E-state index >= 15 is 0 Å². The highest BCUT2D eigenvalue weighted by Crippen LogP contribution is 2.19. The zero-order valence-corrected chi connectivity index (χ0v) is 12.0. The van der Waals surface area contributed by atoms with E-state index < -0.39 is 5.60 Å². The van der Waals surface area contributed by atoms with E-state index in [2.05, 4.69) is 17.6 Å². The standard InChI is InChI=1S/C14H28N2O2/c1-4-11-7-8-15-12(9-11)13(17)16-10-14(18,5-2)6-3/h11-12,15,18H,4-10H2,1-3H3,(H,16,17). The number of aliphatic hydroxyl groups is 1. The summed E-state index contributed by atoms with van der Waals surface area (Å²) in [4.78, 5) is 12.1. The minimum Gasteiger partial charge on any atom is -0.388 e. The third-order valence-electron chi connectivity index (χ3n) is 4.31. The molecule has 1 rings (SSSR count). The summed E-state index contributed by atoms with van der Waals surface area (Å²) < 4.78 is 0. The fraction of sp³-hybridized carbons (Fsp3) is 0.929. The molecular weight excluding hydrogens is 228 g/mol. The van der Waals surface area contributed by atoms with Gasteiger partial charge >= 0.3 is 0 Å². The molecule has 2 atom stereocenters. The summed E-state index contributed by atoms with van der Waals surface area (Å²) in [5, 5.41) is 16.3. The number of hydrogen-bond donors (Lipinski definition) is 3. The molecule has 0 aromatic carbocycles. The van der Waals surface area contributed by atoms with Crippen molar-refractivity contribution >= 4 is 5.91 Å². The second-order valence-electron chi connectivity index (χ2n) is 5.45. The Labute approximate surface area is 111 Å². The fourth-order valence-electron chi connectivity index (χ4n) is 2.44. The maximum absolute atomic E-state index is 12.1.